The van der Waals surface area contributed by atoms with Gasteiger partial charge in [0.1, 0.15) is 0 Å². The number of allylic oxidation sites excluding steroid dienone is 2. The molecule has 1 N–H and O–H groups in total. The molecule has 0 saturated carbocycles. The third kappa shape index (κ3) is 3.60. The third-order valence-electron chi connectivity index (χ3n) is 4.07. The van der Waals surface area contributed by atoms with Gasteiger partial charge in [-0.25, -0.2) is 0 Å². The summed E-state index contributed by atoms with van der Waals surface area (Å²) in [6, 6.07) is 7.69. The summed E-state index contributed by atoms with van der Waals surface area (Å²) >= 11 is 0. The van der Waals surface area contributed by atoms with Crippen LogP contribution in [0.15, 0.2) is 48.1 Å². The molecule has 2 rings (SSSR count). The summed E-state index contributed by atoms with van der Waals surface area (Å²) in [5.41, 5.74) is 4.39. The number of hydrogen-bond donors (Lipinski definition) is 1. The molecule has 0 fully saturated rings. The number of aryl methyl sites for hydroxylation is 1. The van der Waals surface area contributed by atoms with Crippen LogP contribution < -0.4 is 5.32 Å². The summed E-state index contributed by atoms with van der Waals surface area (Å²) in [4.78, 5) is 12.1. The van der Waals surface area contributed by atoms with Gasteiger partial charge in [-0.3, -0.25) is 4.79 Å². The predicted octanol–water partition coefficient (Wildman–Crippen LogP) is 4.03. The van der Waals surface area contributed by atoms with Crippen LogP contribution in [0.5, 0.6) is 0 Å². The lowest BCUT2D eigenvalue weighted by atomic mass is 9.85. The number of amides is 1. The van der Waals surface area contributed by atoms with Gasteiger partial charge in [0.15, 0.2) is 0 Å². The van der Waals surface area contributed by atoms with E-state index in [1.54, 1.807) is 0 Å². The van der Waals surface area contributed by atoms with Crippen molar-refractivity contribution in [2.75, 3.05) is 6.54 Å². The summed E-state index contributed by atoms with van der Waals surface area (Å²) in [5, 5.41) is 3.02. The number of rotatable bonds is 4. The maximum Gasteiger partial charge on any atom is 0.251 e. The summed E-state index contributed by atoms with van der Waals surface area (Å²) in [5.74, 6) is 0.636. The highest BCUT2D eigenvalue weighted by atomic mass is 16.1. The lowest BCUT2D eigenvalue weighted by molar-refractivity contribution is 0.0956. The fraction of sp³-hybridized carbons (Fsp3) is 0.389. The quantitative estimate of drug-likeness (QED) is 0.822. The van der Waals surface area contributed by atoms with Gasteiger partial charge in [-0.2, -0.15) is 0 Å². The molecule has 1 aromatic rings. The Morgan fingerprint density at radius 3 is 2.75 bits per heavy atom. The fourth-order valence-corrected chi connectivity index (χ4v) is 2.61. The Bertz CT molecular complexity index is 542. The molecule has 0 heterocycles. The molecule has 0 radical (unpaired) electrons. The van der Waals surface area contributed by atoms with Crippen molar-refractivity contribution in [3.05, 3.63) is 59.2 Å². The van der Waals surface area contributed by atoms with E-state index in [0.29, 0.717) is 12.5 Å². The molecular formula is C18H23NO. The van der Waals surface area contributed by atoms with E-state index in [4.69, 9.17) is 0 Å². The SMILES string of the molecule is C=C(C)[C@@H]1CC=C(CNC(=O)c2ccccc2C)CC1. The highest BCUT2D eigenvalue weighted by Gasteiger charge is 2.15. The summed E-state index contributed by atoms with van der Waals surface area (Å²) in [6.45, 7) is 8.76. The molecule has 1 aromatic carbocycles. The largest absolute Gasteiger partial charge is 0.348 e. The second-order valence-corrected chi connectivity index (χ2v) is 5.68. The van der Waals surface area contributed by atoms with E-state index in [0.717, 1.165) is 30.4 Å². The standard InChI is InChI=1S/C18H23NO/c1-13(2)16-10-8-15(9-11-16)12-19-18(20)17-7-5-4-6-14(17)3/h4-8,16H,1,9-12H2,2-3H3,(H,19,20)/t16-/m1/s1. The first kappa shape index (κ1) is 14.6. The maximum atomic E-state index is 12.1. The van der Waals surface area contributed by atoms with Crippen molar-refractivity contribution < 1.29 is 4.79 Å². The Labute approximate surface area is 121 Å². The fourth-order valence-electron chi connectivity index (χ4n) is 2.61. The third-order valence-corrected chi connectivity index (χ3v) is 4.07. The van der Waals surface area contributed by atoms with E-state index in [1.165, 1.54) is 11.1 Å². The van der Waals surface area contributed by atoms with Crippen molar-refractivity contribution in [1.82, 2.24) is 5.32 Å². The summed E-state index contributed by atoms with van der Waals surface area (Å²) in [6.07, 6.45) is 5.54. The maximum absolute atomic E-state index is 12.1. The van der Waals surface area contributed by atoms with Crippen LogP contribution in [-0.4, -0.2) is 12.5 Å². The van der Waals surface area contributed by atoms with Gasteiger partial charge in [0.25, 0.3) is 5.91 Å². The molecule has 2 nitrogen and oxygen atoms in total. The Balaban J connectivity index is 1.89. The molecule has 0 aromatic heterocycles. The topological polar surface area (TPSA) is 29.1 Å². The molecule has 1 amide bonds. The van der Waals surface area contributed by atoms with Crippen LogP contribution in [0, 0.1) is 12.8 Å². The van der Waals surface area contributed by atoms with Crippen molar-refractivity contribution in [3.63, 3.8) is 0 Å². The Morgan fingerprint density at radius 1 is 1.40 bits per heavy atom. The Hall–Kier alpha value is -1.83. The van der Waals surface area contributed by atoms with Crippen LogP contribution >= 0.6 is 0 Å². The van der Waals surface area contributed by atoms with Crippen molar-refractivity contribution in [2.24, 2.45) is 5.92 Å². The van der Waals surface area contributed by atoms with Gasteiger partial charge in [0.05, 0.1) is 0 Å². The average Bonchev–Trinajstić information content (AvgIpc) is 2.45. The highest BCUT2D eigenvalue weighted by Crippen LogP contribution is 2.27. The van der Waals surface area contributed by atoms with E-state index in [1.807, 2.05) is 31.2 Å². The molecule has 20 heavy (non-hydrogen) atoms. The van der Waals surface area contributed by atoms with E-state index in [-0.39, 0.29) is 5.91 Å². The van der Waals surface area contributed by atoms with Crippen molar-refractivity contribution in [2.45, 2.75) is 33.1 Å². The first-order chi connectivity index (χ1) is 9.58. The molecule has 0 unspecified atom stereocenters. The van der Waals surface area contributed by atoms with Crippen LogP contribution in [0.1, 0.15) is 42.1 Å². The molecule has 0 spiro atoms. The minimum Gasteiger partial charge on any atom is -0.348 e. The van der Waals surface area contributed by atoms with Crippen LogP contribution in [0.2, 0.25) is 0 Å². The molecule has 1 atom stereocenters. The van der Waals surface area contributed by atoms with Gasteiger partial charge in [-0.15, -0.1) is 0 Å². The molecule has 1 aliphatic rings. The lowest BCUT2D eigenvalue weighted by Gasteiger charge is -2.22. The summed E-state index contributed by atoms with van der Waals surface area (Å²) < 4.78 is 0. The van der Waals surface area contributed by atoms with Crippen molar-refractivity contribution in [3.8, 4) is 0 Å². The van der Waals surface area contributed by atoms with Crippen LogP contribution in [0.25, 0.3) is 0 Å². The zero-order valence-corrected chi connectivity index (χ0v) is 12.4. The Kier molecular flexibility index (Phi) is 4.78. The number of carbonyl (C=O) groups is 1. The van der Waals surface area contributed by atoms with E-state index in [9.17, 15) is 4.79 Å². The van der Waals surface area contributed by atoms with Gasteiger partial charge in [0, 0.05) is 12.1 Å². The van der Waals surface area contributed by atoms with E-state index in [2.05, 4.69) is 24.9 Å². The molecule has 0 saturated heterocycles. The van der Waals surface area contributed by atoms with Crippen LogP contribution in [0.4, 0.5) is 0 Å². The van der Waals surface area contributed by atoms with Gasteiger partial charge in [0.2, 0.25) is 0 Å². The smallest absolute Gasteiger partial charge is 0.251 e. The van der Waals surface area contributed by atoms with Gasteiger partial charge >= 0.3 is 0 Å². The monoisotopic (exact) mass is 269 g/mol. The van der Waals surface area contributed by atoms with Gasteiger partial charge < -0.3 is 5.32 Å². The minimum atomic E-state index is 0.0195. The summed E-state index contributed by atoms with van der Waals surface area (Å²) in [7, 11) is 0. The molecule has 2 heteroatoms. The van der Waals surface area contributed by atoms with Crippen LogP contribution in [-0.2, 0) is 0 Å². The predicted molar refractivity (Wildman–Crippen MR) is 83.8 cm³/mol. The van der Waals surface area contributed by atoms with Gasteiger partial charge in [-0.1, -0.05) is 42.0 Å². The molecule has 0 bridgehead atoms. The van der Waals surface area contributed by atoms with Gasteiger partial charge in [-0.05, 0) is 50.7 Å². The zero-order chi connectivity index (χ0) is 14.5. The molecular weight excluding hydrogens is 246 g/mol. The van der Waals surface area contributed by atoms with Crippen LogP contribution in [0.3, 0.4) is 0 Å². The highest BCUT2D eigenvalue weighted by molar-refractivity contribution is 5.95. The molecule has 1 aliphatic carbocycles. The van der Waals surface area contributed by atoms with Crippen molar-refractivity contribution in [1.29, 1.82) is 0 Å². The lowest BCUT2D eigenvalue weighted by Crippen LogP contribution is -2.27. The minimum absolute atomic E-state index is 0.0195. The first-order valence-electron chi connectivity index (χ1n) is 7.25. The van der Waals surface area contributed by atoms with E-state index >= 15 is 0 Å². The number of hydrogen-bond acceptors (Lipinski definition) is 1. The molecule has 106 valence electrons. The van der Waals surface area contributed by atoms with Crippen molar-refractivity contribution >= 4 is 5.91 Å². The molecule has 0 aliphatic heterocycles. The normalized spacial score (nSPS) is 18.3. The Morgan fingerprint density at radius 2 is 2.15 bits per heavy atom. The second-order valence-electron chi connectivity index (χ2n) is 5.68. The average molecular weight is 269 g/mol. The number of nitrogens with one attached hydrogen (secondary N) is 1. The zero-order valence-electron chi connectivity index (χ0n) is 12.4. The van der Waals surface area contributed by atoms with E-state index < -0.39 is 0 Å². The number of benzene rings is 1. The first-order valence-corrected chi connectivity index (χ1v) is 7.25. The second kappa shape index (κ2) is 6.56. The number of carbonyl (C=O) groups excluding carboxylic acids is 1.